The molecule has 1 fully saturated rings. The molecule has 2 rings (SSSR count). The molecule has 1 aliphatic carbocycles. The van der Waals surface area contributed by atoms with Gasteiger partial charge < -0.3 is 15.3 Å². The highest BCUT2D eigenvalue weighted by Crippen LogP contribution is 2.55. The Labute approximate surface area is 140 Å². The topological polar surface area (TPSA) is 60.7 Å². The second kappa shape index (κ2) is 6.82. The molecule has 0 unspecified atom stereocenters. The normalized spacial score (nSPS) is 31.5. The van der Waals surface area contributed by atoms with Crippen LogP contribution in [-0.4, -0.2) is 28.5 Å². The fourth-order valence-corrected chi connectivity index (χ4v) is 4.68. The molecule has 3 heteroatoms. The Kier molecular flexibility index (Phi) is 5.42. The van der Waals surface area contributed by atoms with Gasteiger partial charge in [0.25, 0.3) is 0 Å². The van der Waals surface area contributed by atoms with E-state index in [1.165, 1.54) is 0 Å². The monoisotopic (exact) mass is 320 g/mol. The van der Waals surface area contributed by atoms with E-state index in [2.05, 4.69) is 39.8 Å². The Bertz CT molecular complexity index is 540. The summed E-state index contributed by atoms with van der Waals surface area (Å²) in [6.07, 6.45) is 3.62. The molecule has 0 aliphatic heterocycles. The van der Waals surface area contributed by atoms with Gasteiger partial charge >= 0.3 is 0 Å². The van der Waals surface area contributed by atoms with Gasteiger partial charge in [-0.2, -0.15) is 0 Å². The van der Waals surface area contributed by atoms with Crippen LogP contribution in [0.4, 0.5) is 0 Å². The Morgan fingerprint density at radius 1 is 1.17 bits per heavy atom. The summed E-state index contributed by atoms with van der Waals surface area (Å²) in [5.41, 5.74) is 1.66. The molecular weight excluding hydrogens is 288 g/mol. The number of aromatic hydroxyl groups is 1. The minimum absolute atomic E-state index is 0.112. The van der Waals surface area contributed by atoms with Crippen molar-refractivity contribution in [3.63, 3.8) is 0 Å². The summed E-state index contributed by atoms with van der Waals surface area (Å²) in [6, 6.07) is 6.04. The van der Waals surface area contributed by atoms with Crippen LogP contribution in [0.2, 0.25) is 0 Å². The molecule has 3 atom stereocenters. The number of phenols is 1. The second-order valence-electron chi connectivity index (χ2n) is 8.08. The molecule has 1 aliphatic rings. The summed E-state index contributed by atoms with van der Waals surface area (Å²) in [6.45, 7) is 8.77. The van der Waals surface area contributed by atoms with E-state index in [9.17, 15) is 15.3 Å². The average molecular weight is 320 g/mol. The van der Waals surface area contributed by atoms with Crippen LogP contribution in [0.1, 0.15) is 70.4 Å². The van der Waals surface area contributed by atoms with Gasteiger partial charge in [-0.15, -0.1) is 0 Å². The highest BCUT2D eigenvalue weighted by molar-refractivity contribution is 5.43. The van der Waals surface area contributed by atoms with Gasteiger partial charge in [-0.3, -0.25) is 0 Å². The van der Waals surface area contributed by atoms with Gasteiger partial charge in [0, 0.05) is 18.8 Å². The summed E-state index contributed by atoms with van der Waals surface area (Å²) >= 11 is 0. The molecule has 0 aromatic heterocycles. The molecule has 0 bridgehead atoms. The first kappa shape index (κ1) is 18.3. The Balaban J connectivity index is 2.49. The first-order valence-corrected chi connectivity index (χ1v) is 8.83. The highest BCUT2D eigenvalue weighted by Gasteiger charge is 2.49. The van der Waals surface area contributed by atoms with E-state index in [4.69, 9.17) is 0 Å². The summed E-state index contributed by atoms with van der Waals surface area (Å²) in [4.78, 5) is 0. The van der Waals surface area contributed by atoms with Crippen molar-refractivity contribution in [3.8, 4) is 5.75 Å². The number of rotatable bonds is 5. The maximum atomic E-state index is 10.7. The van der Waals surface area contributed by atoms with Gasteiger partial charge in [0.1, 0.15) is 5.75 Å². The molecule has 0 spiro atoms. The lowest BCUT2D eigenvalue weighted by molar-refractivity contribution is -0.0210. The number of phenolic OH excluding ortho intramolecular Hbond substituents is 1. The van der Waals surface area contributed by atoms with Crippen LogP contribution >= 0.6 is 0 Å². The van der Waals surface area contributed by atoms with Gasteiger partial charge in [-0.05, 0) is 53.6 Å². The smallest absolute Gasteiger partial charge is 0.119 e. The largest absolute Gasteiger partial charge is 0.508 e. The van der Waals surface area contributed by atoms with Gasteiger partial charge in [-0.1, -0.05) is 46.2 Å². The van der Waals surface area contributed by atoms with Crippen LogP contribution in [0.3, 0.4) is 0 Å². The molecule has 0 amide bonds. The first-order valence-electron chi connectivity index (χ1n) is 8.83. The molecule has 0 radical (unpaired) electrons. The molecule has 0 saturated heterocycles. The van der Waals surface area contributed by atoms with E-state index < -0.39 is 0 Å². The predicted molar refractivity (Wildman–Crippen MR) is 93.8 cm³/mol. The molecule has 1 aromatic rings. The number of hydrogen-bond acceptors (Lipinski definition) is 3. The zero-order valence-electron chi connectivity index (χ0n) is 15.0. The Morgan fingerprint density at radius 3 is 2.39 bits per heavy atom. The van der Waals surface area contributed by atoms with Crippen LogP contribution in [0.25, 0.3) is 0 Å². The molecule has 3 N–H and O–H groups in total. The molecule has 0 heterocycles. The van der Waals surface area contributed by atoms with E-state index in [1.54, 1.807) is 0 Å². The van der Waals surface area contributed by atoms with Crippen molar-refractivity contribution < 1.29 is 15.3 Å². The molecule has 3 nitrogen and oxygen atoms in total. The fourth-order valence-electron chi connectivity index (χ4n) is 4.68. The summed E-state index contributed by atoms with van der Waals surface area (Å²) in [5.74, 6) is 0.878. The van der Waals surface area contributed by atoms with Crippen molar-refractivity contribution in [2.24, 2.45) is 11.3 Å². The lowest BCUT2D eigenvalue weighted by atomic mass is 9.53. The molecule has 23 heavy (non-hydrogen) atoms. The highest BCUT2D eigenvalue weighted by atomic mass is 16.3. The summed E-state index contributed by atoms with van der Waals surface area (Å²) < 4.78 is 0. The van der Waals surface area contributed by atoms with Crippen molar-refractivity contribution in [2.75, 3.05) is 13.2 Å². The SMILES string of the molecule is CC(C)c1ccc([C@@]2(C)CCC[C@@](C)(CO)[C@@H]2CCO)c(O)c1. The van der Waals surface area contributed by atoms with Gasteiger partial charge in [0.05, 0.1) is 0 Å². The van der Waals surface area contributed by atoms with Crippen LogP contribution in [0.5, 0.6) is 5.75 Å². The third kappa shape index (κ3) is 3.27. The Morgan fingerprint density at radius 2 is 1.87 bits per heavy atom. The number of hydrogen-bond donors (Lipinski definition) is 3. The van der Waals surface area contributed by atoms with Crippen molar-refractivity contribution in [1.82, 2.24) is 0 Å². The van der Waals surface area contributed by atoms with Crippen molar-refractivity contribution in [1.29, 1.82) is 0 Å². The fraction of sp³-hybridized carbons (Fsp3) is 0.700. The van der Waals surface area contributed by atoms with Crippen LogP contribution in [-0.2, 0) is 5.41 Å². The average Bonchev–Trinajstić information content (AvgIpc) is 2.51. The van der Waals surface area contributed by atoms with Gasteiger partial charge in [0.2, 0.25) is 0 Å². The molecule has 130 valence electrons. The third-order valence-electron chi connectivity index (χ3n) is 6.14. The standard InChI is InChI=1S/C20H32O3/c1-14(2)15-6-7-16(17(23)12-15)20(4)10-5-9-19(3,13-22)18(20)8-11-21/h6-7,12,14,18,21-23H,5,8-11,13H2,1-4H3/t18-,19-,20+/m0/s1. The predicted octanol–water partition coefficient (Wildman–Crippen LogP) is 3.95. The third-order valence-corrected chi connectivity index (χ3v) is 6.14. The van der Waals surface area contributed by atoms with E-state index in [0.717, 1.165) is 30.4 Å². The quantitative estimate of drug-likeness (QED) is 0.770. The van der Waals surface area contributed by atoms with E-state index >= 15 is 0 Å². The van der Waals surface area contributed by atoms with Crippen LogP contribution < -0.4 is 0 Å². The van der Waals surface area contributed by atoms with Crippen molar-refractivity contribution in [2.45, 2.75) is 64.7 Å². The van der Waals surface area contributed by atoms with Crippen molar-refractivity contribution >= 4 is 0 Å². The minimum Gasteiger partial charge on any atom is -0.508 e. The van der Waals surface area contributed by atoms with E-state index in [0.29, 0.717) is 18.1 Å². The molecular formula is C20H32O3. The Hall–Kier alpha value is -1.06. The molecule has 1 aromatic carbocycles. The van der Waals surface area contributed by atoms with Gasteiger partial charge in [0.15, 0.2) is 0 Å². The lowest BCUT2D eigenvalue weighted by Crippen LogP contribution is -2.48. The minimum atomic E-state index is -0.224. The van der Waals surface area contributed by atoms with Gasteiger partial charge in [-0.25, -0.2) is 0 Å². The maximum absolute atomic E-state index is 10.7. The lowest BCUT2D eigenvalue weighted by Gasteiger charge is -2.52. The summed E-state index contributed by atoms with van der Waals surface area (Å²) in [5, 5.41) is 30.2. The van der Waals surface area contributed by atoms with E-state index in [1.807, 2.05) is 6.07 Å². The maximum Gasteiger partial charge on any atom is 0.119 e. The van der Waals surface area contributed by atoms with Crippen LogP contribution in [0.15, 0.2) is 18.2 Å². The second-order valence-corrected chi connectivity index (χ2v) is 8.08. The molecule has 1 saturated carbocycles. The number of benzene rings is 1. The van der Waals surface area contributed by atoms with Crippen LogP contribution in [0, 0.1) is 11.3 Å². The van der Waals surface area contributed by atoms with Crippen molar-refractivity contribution in [3.05, 3.63) is 29.3 Å². The summed E-state index contributed by atoms with van der Waals surface area (Å²) in [7, 11) is 0. The zero-order valence-corrected chi connectivity index (χ0v) is 15.0. The number of aliphatic hydroxyl groups excluding tert-OH is 2. The first-order chi connectivity index (χ1) is 10.8. The van der Waals surface area contributed by atoms with E-state index in [-0.39, 0.29) is 30.0 Å². The zero-order chi connectivity index (χ0) is 17.3. The number of aliphatic hydroxyl groups is 2.